The highest BCUT2D eigenvalue weighted by Gasteiger charge is 2.27. The summed E-state index contributed by atoms with van der Waals surface area (Å²) >= 11 is 0.902. The molecule has 0 aliphatic carbocycles. The number of hydrogen-bond acceptors (Lipinski definition) is 6. The van der Waals surface area contributed by atoms with E-state index in [1.165, 1.54) is 32.4 Å². The number of hydrogen-bond donors (Lipinski definition) is 2. The second kappa shape index (κ2) is 9.40. The van der Waals surface area contributed by atoms with Crippen molar-refractivity contribution in [3.8, 4) is 5.75 Å². The van der Waals surface area contributed by atoms with Crippen molar-refractivity contribution in [1.82, 2.24) is 0 Å². The maximum atomic E-state index is 13.9. The largest absolute Gasteiger partial charge is 0.497 e. The molecule has 9 heteroatoms. The van der Waals surface area contributed by atoms with Crippen molar-refractivity contribution in [3.05, 3.63) is 75.9 Å². The molecule has 7 nitrogen and oxygen atoms in total. The lowest BCUT2D eigenvalue weighted by Crippen LogP contribution is -2.14. The molecule has 0 fully saturated rings. The minimum absolute atomic E-state index is 0.00346. The topological polar surface area (TPSA) is 93.7 Å². The fourth-order valence-corrected chi connectivity index (χ4v) is 3.91. The van der Waals surface area contributed by atoms with E-state index in [4.69, 9.17) is 9.47 Å². The van der Waals surface area contributed by atoms with E-state index in [0.29, 0.717) is 16.9 Å². The van der Waals surface area contributed by atoms with E-state index in [9.17, 15) is 18.8 Å². The summed E-state index contributed by atoms with van der Waals surface area (Å²) in [7, 11) is 2.72. The van der Waals surface area contributed by atoms with Gasteiger partial charge in [0.2, 0.25) is 0 Å². The molecule has 2 aromatic carbocycles. The molecule has 2 N–H and O–H groups in total. The Balaban J connectivity index is 1.92. The predicted octanol–water partition coefficient (Wildman–Crippen LogP) is 4.50. The highest BCUT2D eigenvalue weighted by Crippen LogP contribution is 2.34. The molecule has 31 heavy (non-hydrogen) atoms. The van der Waals surface area contributed by atoms with Crippen molar-refractivity contribution < 1.29 is 28.2 Å². The average Bonchev–Trinajstić information content (AvgIpc) is 3.10. The average molecular weight is 442 g/mol. The van der Waals surface area contributed by atoms with Gasteiger partial charge in [-0.05, 0) is 48.9 Å². The SMILES string of the molecule is COC(=O)c1c(NC(=O)c2ccc(OC)cc2)sc(C(=O)Nc2ccccc2F)c1C. The molecule has 2 amide bonds. The summed E-state index contributed by atoms with van der Waals surface area (Å²) in [6.45, 7) is 1.56. The van der Waals surface area contributed by atoms with E-state index in [1.807, 2.05) is 0 Å². The summed E-state index contributed by atoms with van der Waals surface area (Å²) in [6, 6.07) is 12.1. The van der Waals surface area contributed by atoms with Crippen LogP contribution in [0.25, 0.3) is 0 Å². The standard InChI is InChI=1S/C22H19FN2O5S/c1-12-17(22(28)30-3)21(25-19(26)13-8-10-14(29-2)11-9-13)31-18(12)20(27)24-16-7-5-4-6-15(16)23/h4-11H,1-3H3,(H,24,27)(H,25,26). The van der Waals surface area contributed by atoms with Crippen LogP contribution in [0.15, 0.2) is 48.5 Å². The second-order valence-corrected chi connectivity index (χ2v) is 7.39. The molecule has 3 aromatic rings. The van der Waals surface area contributed by atoms with Gasteiger partial charge >= 0.3 is 5.97 Å². The number of rotatable bonds is 6. The number of ether oxygens (including phenoxy) is 2. The Kier molecular flexibility index (Phi) is 6.66. The van der Waals surface area contributed by atoms with Gasteiger partial charge < -0.3 is 20.1 Å². The molecular formula is C22H19FN2O5S. The van der Waals surface area contributed by atoms with E-state index < -0.39 is 23.6 Å². The number of benzene rings is 2. The number of esters is 1. The summed E-state index contributed by atoms with van der Waals surface area (Å²) < 4.78 is 23.8. The Hall–Kier alpha value is -3.72. The van der Waals surface area contributed by atoms with Gasteiger partial charge in [0.15, 0.2) is 0 Å². The second-order valence-electron chi connectivity index (χ2n) is 6.37. The molecule has 0 unspecified atom stereocenters. The smallest absolute Gasteiger partial charge is 0.341 e. The van der Waals surface area contributed by atoms with Gasteiger partial charge in [-0.15, -0.1) is 11.3 Å². The molecule has 1 heterocycles. The first-order valence-electron chi connectivity index (χ1n) is 9.08. The van der Waals surface area contributed by atoms with Gasteiger partial charge in [-0.1, -0.05) is 12.1 Å². The zero-order valence-electron chi connectivity index (χ0n) is 16.9. The van der Waals surface area contributed by atoms with Crippen LogP contribution in [-0.2, 0) is 4.74 Å². The molecule has 0 aliphatic heterocycles. The van der Waals surface area contributed by atoms with Gasteiger partial charge in [-0.2, -0.15) is 0 Å². The van der Waals surface area contributed by atoms with Crippen LogP contribution in [0.3, 0.4) is 0 Å². The first kappa shape index (κ1) is 22.0. The molecule has 0 aliphatic rings. The summed E-state index contributed by atoms with van der Waals surface area (Å²) in [5.74, 6) is -1.79. The fraction of sp³-hybridized carbons (Fsp3) is 0.136. The number of carbonyl (C=O) groups excluding carboxylic acids is 3. The highest BCUT2D eigenvalue weighted by atomic mass is 32.1. The van der Waals surface area contributed by atoms with Crippen LogP contribution in [0.5, 0.6) is 5.75 Å². The number of anilines is 2. The van der Waals surface area contributed by atoms with Crippen LogP contribution in [0.4, 0.5) is 15.1 Å². The van der Waals surface area contributed by atoms with E-state index in [-0.39, 0.29) is 21.1 Å². The van der Waals surface area contributed by atoms with Crippen molar-refractivity contribution >= 4 is 39.8 Å². The van der Waals surface area contributed by atoms with E-state index in [1.54, 1.807) is 37.3 Å². The highest BCUT2D eigenvalue weighted by molar-refractivity contribution is 7.19. The summed E-state index contributed by atoms with van der Waals surface area (Å²) in [5, 5.41) is 5.29. The zero-order chi connectivity index (χ0) is 22.5. The van der Waals surface area contributed by atoms with Crippen molar-refractivity contribution in [3.63, 3.8) is 0 Å². The lowest BCUT2D eigenvalue weighted by Gasteiger charge is -2.07. The van der Waals surface area contributed by atoms with Gasteiger partial charge in [-0.25, -0.2) is 9.18 Å². The van der Waals surface area contributed by atoms with Gasteiger partial charge in [-0.3, -0.25) is 9.59 Å². The van der Waals surface area contributed by atoms with E-state index >= 15 is 0 Å². The Labute approximate surface area is 181 Å². The summed E-state index contributed by atoms with van der Waals surface area (Å²) in [6.07, 6.45) is 0. The lowest BCUT2D eigenvalue weighted by molar-refractivity contribution is 0.0601. The zero-order valence-corrected chi connectivity index (χ0v) is 17.8. The Morgan fingerprint density at radius 2 is 1.61 bits per heavy atom. The quantitative estimate of drug-likeness (QED) is 0.549. The van der Waals surface area contributed by atoms with Crippen LogP contribution in [0.2, 0.25) is 0 Å². The number of thiophene rings is 1. The number of amides is 2. The Morgan fingerprint density at radius 3 is 2.23 bits per heavy atom. The van der Waals surface area contributed by atoms with Crippen LogP contribution in [0, 0.1) is 12.7 Å². The number of methoxy groups -OCH3 is 2. The minimum Gasteiger partial charge on any atom is -0.497 e. The number of nitrogens with one attached hydrogen (secondary N) is 2. The Morgan fingerprint density at radius 1 is 0.935 bits per heavy atom. The van der Waals surface area contributed by atoms with Crippen LogP contribution in [0.1, 0.15) is 36.0 Å². The molecule has 0 bridgehead atoms. The molecule has 160 valence electrons. The van der Waals surface area contributed by atoms with Crippen molar-refractivity contribution in [2.24, 2.45) is 0 Å². The molecule has 0 atom stereocenters. The third-order valence-electron chi connectivity index (χ3n) is 4.44. The first-order chi connectivity index (χ1) is 14.8. The van der Waals surface area contributed by atoms with Gasteiger partial charge in [0, 0.05) is 5.56 Å². The van der Waals surface area contributed by atoms with Gasteiger partial charge in [0.1, 0.15) is 16.6 Å². The van der Waals surface area contributed by atoms with Crippen LogP contribution < -0.4 is 15.4 Å². The summed E-state index contributed by atoms with van der Waals surface area (Å²) in [5.41, 5.74) is 0.715. The van der Waals surface area contributed by atoms with Crippen molar-refractivity contribution in [2.45, 2.75) is 6.92 Å². The number of halogens is 1. The maximum absolute atomic E-state index is 13.9. The molecular weight excluding hydrogens is 423 g/mol. The monoisotopic (exact) mass is 442 g/mol. The molecule has 1 aromatic heterocycles. The van der Waals surface area contributed by atoms with Crippen molar-refractivity contribution in [1.29, 1.82) is 0 Å². The molecule has 0 radical (unpaired) electrons. The first-order valence-corrected chi connectivity index (χ1v) is 9.90. The van der Waals surface area contributed by atoms with Crippen LogP contribution in [-0.4, -0.2) is 32.0 Å². The number of carbonyl (C=O) groups is 3. The van der Waals surface area contributed by atoms with Gasteiger partial charge in [0.25, 0.3) is 11.8 Å². The normalized spacial score (nSPS) is 10.3. The lowest BCUT2D eigenvalue weighted by atomic mass is 10.1. The fourth-order valence-electron chi connectivity index (χ4n) is 2.83. The number of para-hydroxylation sites is 1. The minimum atomic E-state index is -0.705. The summed E-state index contributed by atoms with van der Waals surface area (Å²) in [4.78, 5) is 37.9. The van der Waals surface area contributed by atoms with E-state index in [0.717, 1.165) is 11.3 Å². The molecule has 0 saturated heterocycles. The Bertz CT molecular complexity index is 1140. The van der Waals surface area contributed by atoms with Gasteiger partial charge in [0.05, 0.1) is 30.3 Å². The van der Waals surface area contributed by atoms with Crippen molar-refractivity contribution in [2.75, 3.05) is 24.9 Å². The molecule has 3 rings (SSSR count). The predicted molar refractivity (Wildman–Crippen MR) is 116 cm³/mol. The van der Waals surface area contributed by atoms with E-state index in [2.05, 4.69) is 10.6 Å². The molecule has 0 saturated carbocycles. The third kappa shape index (κ3) is 4.72. The van der Waals surface area contributed by atoms with Crippen LogP contribution >= 0.6 is 11.3 Å². The maximum Gasteiger partial charge on any atom is 0.341 e. The molecule has 0 spiro atoms. The third-order valence-corrected chi connectivity index (χ3v) is 5.65.